The first kappa shape index (κ1) is 15.4. The highest BCUT2D eigenvalue weighted by molar-refractivity contribution is 5.44. The molecule has 1 aromatic rings. The van der Waals surface area contributed by atoms with E-state index in [9.17, 15) is 0 Å². The van der Waals surface area contributed by atoms with E-state index >= 15 is 0 Å². The fourth-order valence-corrected chi connectivity index (χ4v) is 4.72. The van der Waals surface area contributed by atoms with E-state index < -0.39 is 0 Å². The van der Waals surface area contributed by atoms with E-state index in [1.807, 2.05) is 7.11 Å². The molecule has 3 atom stereocenters. The van der Waals surface area contributed by atoms with Gasteiger partial charge in [0.1, 0.15) is 5.75 Å². The third kappa shape index (κ3) is 2.88. The van der Waals surface area contributed by atoms with Gasteiger partial charge in [-0.15, -0.1) is 0 Å². The molecular formula is C19H29N3O. The summed E-state index contributed by atoms with van der Waals surface area (Å²) in [6.45, 7) is 5.66. The number of piperidine rings is 1. The van der Waals surface area contributed by atoms with Gasteiger partial charge in [-0.2, -0.15) is 0 Å². The summed E-state index contributed by atoms with van der Waals surface area (Å²) >= 11 is 0. The molecule has 0 radical (unpaired) electrons. The van der Waals surface area contributed by atoms with Crippen molar-refractivity contribution in [2.45, 2.75) is 57.7 Å². The summed E-state index contributed by atoms with van der Waals surface area (Å²) in [7, 11) is 1.81. The van der Waals surface area contributed by atoms with Gasteiger partial charge in [-0.1, -0.05) is 13.0 Å². The molecule has 2 heterocycles. The maximum Gasteiger partial charge on any atom is 0.123 e. The van der Waals surface area contributed by atoms with Gasteiger partial charge in [0, 0.05) is 43.2 Å². The Morgan fingerprint density at radius 2 is 2.04 bits per heavy atom. The van der Waals surface area contributed by atoms with Gasteiger partial charge in [-0.3, -0.25) is 15.8 Å². The van der Waals surface area contributed by atoms with Crippen LogP contribution in [0.25, 0.3) is 0 Å². The highest BCUT2D eigenvalue weighted by Crippen LogP contribution is 2.32. The normalized spacial score (nSPS) is 30.3. The van der Waals surface area contributed by atoms with E-state index in [1.165, 1.54) is 56.3 Å². The number of rotatable bonds is 4. The SMILES string of the molecule is CCC1NNC2CCN(Cc3cc4c(cc3OC)CCC4)CC12. The molecule has 4 rings (SSSR count). The van der Waals surface area contributed by atoms with Crippen molar-refractivity contribution in [2.75, 3.05) is 20.2 Å². The number of hydrazine groups is 1. The first-order chi connectivity index (χ1) is 11.3. The van der Waals surface area contributed by atoms with Crippen LogP contribution >= 0.6 is 0 Å². The van der Waals surface area contributed by atoms with Crippen LogP contribution in [-0.2, 0) is 19.4 Å². The third-order valence-electron chi connectivity index (χ3n) is 6.04. The monoisotopic (exact) mass is 315 g/mol. The van der Waals surface area contributed by atoms with Crippen molar-refractivity contribution < 1.29 is 4.74 Å². The van der Waals surface area contributed by atoms with E-state index in [0.717, 1.165) is 18.2 Å². The number of likely N-dealkylation sites (tertiary alicyclic amines) is 1. The Bertz CT molecular complexity index is 568. The Balaban J connectivity index is 1.50. The number of ether oxygens (including phenoxy) is 1. The fraction of sp³-hybridized carbons (Fsp3) is 0.684. The molecule has 0 spiro atoms. The maximum atomic E-state index is 5.69. The predicted octanol–water partition coefficient (Wildman–Crippen LogP) is 2.26. The molecule has 0 aromatic heterocycles. The predicted molar refractivity (Wildman–Crippen MR) is 92.5 cm³/mol. The van der Waals surface area contributed by atoms with Crippen LogP contribution in [0.2, 0.25) is 0 Å². The average Bonchev–Trinajstić information content (AvgIpc) is 3.19. The van der Waals surface area contributed by atoms with E-state index in [2.05, 4.69) is 34.8 Å². The van der Waals surface area contributed by atoms with Crippen LogP contribution in [0.1, 0.15) is 42.9 Å². The number of hydrogen-bond acceptors (Lipinski definition) is 4. The lowest BCUT2D eigenvalue weighted by atomic mass is 9.87. The highest BCUT2D eigenvalue weighted by atomic mass is 16.5. The second-order valence-corrected chi connectivity index (χ2v) is 7.38. The summed E-state index contributed by atoms with van der Waals surface area (Å²) < 4.78 is 5.69. The summed E-state index contributed by atoms with van der Waals surface area (Å²) in [5, 5.41) is 0. The fourth-order valence-electron chi connectivity index (χ4n) is 4.72. The van der Waals surface area contributed by atoms with E-state index in [0.29, 0.717) is 12.1 Å². The smallest absolute Gasteiger partial charge is 0.123 e. The standard InChI is InChI=1S/C19H29N3O/c1-3-17-16-12-22(8-7-18(16)21-20-17)11-15-9-13-5-4-6-14(13)10-19(15)23-2/h9-10,16-18,20-21H,3-8,11-12H2,1-2H3. The molecule has 3 unspecified atom stereocenters. The lowest BCUT2D eigenvalue weighted by molar-refractivity contribution is 0.146. The Morgan fingerprint density at radius 1 is 1.22 bits per heavy atom. The van der Waals surface area contributed by atoms with Crippen LogP contribution in [-0.4, -0.2) is 37.2 Å². The second-order valence-electron chi connectivity index (χ2n) is 7.38. The molecule has 4 heteroatoms. The first-order valence-corrected chi connectivity index (χ1v) is 9.20. The molecule has 0 amide bonds. The number of hydrogen-bond donors (Lipinski definition) is 2. The van der Waals surface area contributed by atoms with Crippen LogP contribution in [0.4, 0.5) is 0 Å². The van der Waals surface area contributed by atoms with Crippen molar-refractivity contribution in [3.8, 4) is 5.75 Å². The Morgan fingerprint density at radius 3 is 2.83 bits per heavy atom. The number of fused-ring (bicyclic) bond motifs is 2. The van der Waals surface area contributed by atoms with Crippen LogP contribution in [0.15, 0.2) is 12.1 Å². The first-order valence-electron chi connectivity index (χ1n) is 9.20. The Kier molecular flexibility index (Phi) is 4.31. The minimum absolute atomic E-state index is 0.615. The molecule has 1 aliphatic carbocycles. The van der Waals surface area contributed by atoms with Gasteiger partial charge in [0.05, 0.1) is 7.11 Å². The third-order valence-corrected chi connectivity index (χ3v) is 6.04. The van der Waals surface area contributed by atoms with Crippen LogP contribution in [0.3, 0.4) is 0 Å². The minimum Gasteiger partial charge on any atom is -0.496 e. The molecule has 2 aliphatic heterocycles. The van der Waals surface area contributed by atoms with Crippen molar-refractivity contribution in [3.63, 3.8) is 0 Å². The molecule has 4 nitrogen and oxygen atoms in total. The van der Waals surface area contributed by atoms with Crippen molar-refractivity contribution in [1.82, 2.24) is 15.8 Å². The van der Waals surface area contributed by atoms with Gasteiger partial charge >= 0.3 is 0 Å². The van der Waals surface area contributed by atoms with Gasteiger partial charge in [0.2, 0.25) is 0 Å². The van der Waals surface area contributed by atoms with Gasteiger partial charge in [0.15, 0.2) is 0 Å². The van der Waals surface area contributed by atoms with Crippen LogP contribution in [0.5, 0.6) is 5.75 Å². The summed E-state index contributed by atoms with van der Waals surface area (Å²) in [5.41, 5.74) is 11.4. The summed E-state index contributed by atoms with van der Waals surface area (Å²) in [4.78, 5) is 2.62. The quantitative estimate of drug-likeness (QED) is 0.894. The van der Waals surface area contributed by atoms with Crippen LogP contribution < -0.4 is 15.6 Å². The summed E-state index contributed by atoms with van der Waals surface area (Å²) in [6, 6.07) is 5.97. The Labute approximate surface area is 139 Å². The molecule has 0 bridgehead atoms. The number of aryl methyl sites for hydroxylation is 2. The number of nitrogens with zero attached hydrogens (tertiary/aromatic N) is 1. The maximum absolute atomic E-state index is 5.69. The van der Waals surface area contributed by atoms with Gasteiger partial charge in [0.25, 0.3) is 0 Å². The molecule has 3 aliphatic rings. The lowest BCUT2D eigenvalue weighted by Gasteiger charge is -2.36. The topological polar surface area (TPSA) is 36.5 Å². The molecule has 1 aromatic carbocycles. The molecule has 2 N–H and O–H groups in total. The summed E-state index contributed by atoms with van der Waals surface area (Å²) in [5.74, 6) is 1.82. The van der Waals surface area contributed by atoms with Crippen LogP contribution in [0, 0.1) is 5.92 Å². The minimum atomic E-state index is 0.615. The average molecular weight is 315 g/mol. The molecule has 126 valence electrons. The van der Waals surface area contributed by atoms with E-state index in [4.69, 9.17) is 4.74 Å². The van der Waals surface area contributed by atoms with Crippen molar-refractivity contribution >= 4 is 0 Å². The molecule has 2 fully saturated rings. The lowest BCUT2D eigenvalue weighted by Crippen LogP contribution is -2.45. The zero-order valence-corrected chi connectivity index (χ0v) is 14.4. The summed E-state index contributed by atoms with van der Waals surface area (Å²) in [6.07, 6.45) is 6.19. The van der Waals surface area contributed by atoms with Crippen molar-refractivity contribution in [3.05, 3.63) is 28.8 Å². The van der Waals surface area contributed by atoms with E-state index in [-0.39, 0.29) is 0 Å². The zero-order valence-electron chi connectivity index (χ0n) is 14.4. The molecular weight excluding hydrogens is 286 g/mol. The highest BCUT2D eigenvalue weighted by Gasteiger charge is 2.38. The van der Waals surface area contributed by atoms with Crippen molar-refractivity contribution in [2.24, 2.45) is 5.92 Å². The van der Waals surface area contributed by atoms with E-state index in [1.54, 1.807) is 5.56 Å². The molecule has 23 heavy (non-hydrogen) atoms. The number of methoxy groups -OCH3 is 1. The van der Waals surface area contributed by atoms with Gasteiger partial charge in [-0.05, 0) is 49.3 Å². The van der Waals surface area contributed by atoms with Gasteiger partial charge in [-0.25, -0.2) is 0 Å². The second kappa shape index (κ2) is 6.42. The molecule has 0 saturated carbocycles. The molecule has 2 saturated heterocycles. The number of nitrogens with one attached hydrogen (secondary N) is 2. The van der Waals surface area contributed by atoms with Gasteiger partial charge < -0.3 is 4.74 Å². The van der Waals surface area contributed by atoms with Crippen molar-refractivity contribution in [1.29, 1.82) is 0 Å². The Hall–Kier alpha value is -1.10. The number of benzene rings is 1. The largest absolute Gasteiger partial charge is 0.496 e. The zero-order chi connectivity index (χ0) is 15.8.